The van der Waals surface area contributed by atoms with Crippen molar-refractivity contribution in [3.8, 4) is 16.4 Å². The molecule has 2 aliphatic heterocycles. The Labute approximate surface area is 198 Å². The van der Waals surface area contributed by atoms with Gasteiger partial charge in [0, 0.05) is 19.6 Å². The molecule has 2 aromatic heterocycles. The van der Waals surface area contributed by atoms with Gasteiger partial charge in [-0.2, -0.15) is 0 Å². The Balaban J connectivity index is 1.29. The van der Waals surface area contributed by atoms with Crippen LogP contribution in [0.4, 0.5) is 4.39 Å². The molecule has 5 rings (SSSR count). The monoisotopic (exact) mass is 467 g/mol. The summed E-state index contributed by atoms with van der Waals surface area (Å²) in [5.41, 5.74) is 0.557. The van der Waals surface area contributed by atoms with E-state index < -0.39 is 0 Å². The maximum Gasteiger partial charge on any atom is 0.293 e. The highest BCUT2D eigenvalue weighted by Crippen LogP contribution is 2.27. The van der Waals surface area contributed by atoms with Gasteiger partial charge in [0.05, 0.1) is 10.6 Å². The Morgan fingerprint density at radius 2 is 1.82 bits per heavy atom. The lowest BCUT2D eigenvalue weighted by atomic mass is 9.96. The Morgan fingerprint density at radius 3 is 2.52 bits per heavy atom. The third-order valence-electron chi connectivity index (χ3n) is 6.71. The molecule has 0 bridgehead atoms. The molecule has 0 atom stereocenters. The molecule has 4 heterocycles. The van der Waals surface area contributed by atoms with E-state index in [1.807, 2.05) is 22.4 Å². The third kappa shape index (κ3) is 5.17. The number of piperidine rings is 1. The maximum absolute atomic E-state index is 13.9. The summed E-state index contributed by atoms with van der Waals surface area (Å²) < 4.78 is 15.5. The molecule has 0 aliphatic carbocycles. The van der Waals surface area contributed by atoms with Crippen LogP contribution in [0.25, 0.3) is 16.4 Å². The largest absolute Gasteiger partial charge is 0.336 e. The van der Waals surface area contributed by atoms with E-state index in [4.69, 9.17) is 0 Å². The van der Waals surface area contributed by atoms with Gasteiger partial charge in [-0.05, 0) is 74.3 Å². The minimum Gasteiger partial charge on any atom is -0.336 e. The van der Waals surface area contributed by atoms with Gasteiger partial charge in [-0.15, -0.1) is 16.4 Å². The van der Waals surface area contributed by atoms with Crippen LogP contribution in [0.5, 0.6) is 0 Å². The average Bonchev–Trinajstić information content (AvgIpc) is 3.45. The number of rotatable bonds is 5. The van der Waals surface area contributed by atoms with E-state index in [1.165, 1.54) is 62.2 Å². The molecule has 174 valence electrons. The van der Waals surface area contributed by atoms with Gasteiger partial charge in [-0.25, -0.2) is 14.1 Å². The van der Waals surface area contributed by atoms with Crippen LogP contribution in [0, 0.1) is 11.7 Å². The summed E-state index contributed by atoms with van der Waals surface area (Å²) >= 11 is 1.52. The second kappa shape index (κ2) is 10.1. The molecule has 1 aromatic carbocycles. The highest BCUT2D eigenvalue weighted by atomic mass is 32.1. The van der Waals surface area contributed by atoms with Crippen LogP contribution in [0.3, 0.4) is 0 Å². The molecule has 2 fully saturated rings. The maximum atomic E-state index is 13.9. The minimum atomic E-state index is -0.348. The first kappa shape index (κ1) is 22.2. The van der Waals surface area contributed by atoms with E-state index in [1.54, 1.807) is 16.8 Å². The fourth-order valence-corrected chi connectivity index (χ4v) is 5.60. The molecule has 3 aromatic rings. The van der Waals surface area contributed by atoms with Crippen molar-refractivity contribution in [1.29, 1.82) is 0 Å². The molecule has 0 N–H and O–H groups in total. The lowest BCUT2D eigenvalue weighted by molar-refractivity contribution is 0.0656. The van der Waals surface area contributed by atoms with E-state index in [2.05, 4.69) is 15.0 Å². The lowest BCUT2D eigenvalue weighted by Crippen LogP contribution is -2.42. The molecule has 2 saturated heterocycles. The van der Waals surface area contributed by atoms with Crippen LogP contribution in [0.15, 0.2) is 41.8 Å². The number of likely N-dealkylation sites (tertiary alicyclic amines) is 2. The molecule has 33 heavy (non-hydrogen) atoms. The van der Waals surface area contributed by atoms with Crippen LogP contribution in [-0.2, 0) is 0 Å². The zero-order chi connectivity index (χ0) is 22.6. The molecule has 6 nitrogen and oxygen atoms in total. The minimum absolute atomic E-state index is 0.142. The van der Waals surface area contributed by atoms with Crippen molar-refractivity contribution in [2.24, 2.45) is 5.92 Å². The molecular weight excluding hydrogens is 437 g/mol. The molecule has 1 amide bonds. The number of thiophene rings is 1. The zero-order valence-electron chi connectivity index (χ0n) is 18.8. The number of carbonyl (C=O) groups is 1. The Hall–Kier alpha value is -2.58. The first-order valence-electron chi connectivity index (χ1n) is 12.0. The van der Waals surface area contributed by atoms with Crippen LogP contribution < -0.4 is 0 Å². The molecule has 0 saturated carbocycles. The summed E-state index contributed by atoms with van der Waals surface area (Å²) in [6, 6.07) is 10.1. The van der Waals surface area contributed by atoms with Gasteiger partial charge in [-0.3, -0.25) is 4.79 Å². The van der Waals surface area contributed by atoms with Gasteiger partial charge in [0.1, 0.15) is 5.82 Å². The fourth-order valence-electron chi connectivity index (χ4n) is 4.90. The summed E-state index contributed by atoms with van der Waals surface area (Å²) in [7, 11) is 0. The van der Waals surface area contributed by atoms with Crippen LogP contribution in [0.1, 0.15) is 49.1 Å². The molecule has 2 aliphatic rings. The molecular formula is C25H30FN5OS. The van der Waals surface area contributed by atoms with Crippen molar-refractivity contribution in [2.75, 3.05) is 32.7 Å². The van der Waals surface area contributed by atoms with Gasteiger partial charge >= 0.3 is 0 Å². The van der Waals surface area contributed by atoms with Crippen molar-refractivity contribution in [2.45, 2.75) is 38.5 Å². The van der Waals surface area contributed by atoms with Gasteiger partial charge in [0.2, 0.25) is 5.82 Å². The highest BCUT2D eigenvalue weighted by Gasteiger charge is 2.28. The number of halogens is 1. The number of hydrogen-bond donors (Lipinski definition) is 0. The first-order valence-corrected chi connectivity index (χ1v) is 12.8. The summed E-state index contributed by atoms with van der Waals surface area (Å²) in [6.07, 6.45) is 7.36. The number of hydrogen-bond acceptors (Lipinski definition) is 5. The number of benzene rings is 1. The summed E-state index contributed by atoms with van der Waals surface area (Å²) in [6.45, 7) is 5.05. The summed E-state index contributed by atoms with van der Waals surface area (Å²) in [5, 5.41) is 6.48. The second-order valence-corrected chi connectivity index (χ2v) is 10.0. The molecule has 0 unspecified atom stereocenters. The fraction of sp³-hybridized carbons (Fsp3) is 0.480. The standard InChI is InChI=1S/C25H30FN5OS/c26-20-7-5-8-21(17-20)31-24(22-9-6-16-33-22)27-23(28-31)25(32)30-14-10-19(11-15-30)18-29-12-3-1-2-4-13-29/h5-9,16-17,19H,1-4,10-15,18H2. The molecule has 0 spiro atoms. The number of nitrogens with zero attached hydrogens (tertiary/aromatic N) is 5. The van der Waals surface area contributed by atoms with Gasteiger partial charge < -0.3 is 9.80 Å². The third-order valence-corrected chi connectivity index (χ3v) is 7.58. The number of aromatic nitrogens is 3. The average molecular weight is 468 g/mol. The second-order valence-electron chi connectivity index (χ2n) is 9.08. The van der Waals surface area contributed by atoms with Crippen molar-refractivity contribution in [3.63, 3.8) is 0 Å². The SMILES string of the molecule is O=C(c1nc(-c2cccs2)n(-c2cccc(F)c2)n1)N1CCC(CN2CCCCCC2)CC1. The normalized spacial score (nSPS) is 18.4. The van der Waals surface area contributed by atoms with Crippen LogP contribution in [0.2, 0.25) is 0 Å². The first-order chi connectivity index (χ1) is 16.2. The van der Waals surface area contributed by atoms with Crippen molar-refractivity contribution >= 4 is 17.2 Å². The predicted molar refractivity (Wildman–Crippen MR) is 128 cm³/mol. The molecule has 8 heteroatoms. The Morgan fingerprint density at radius 1 is 1.03 bits per heavy atom. The lowest BCUT2D eigenvalue weighted by Gasteiger charge is -2.34. The Kier molecular flexibility index (Phi) is 6.83. The van der Waals surface area contributed by atoms with Gasteiger partial charge in [0.25, 0.3) is 5.91 Å². The quantitative estimate of drug-likeness (QED) is 0.538. The van der Waals surface area contributed by atoms with Crippen molar-refractivity contribution < 1.29 is 9.18 Å². The van der Waals surface area contributed by atoms with Gasteiger partial charge in [0.15, 0.2) is 5.82 Å². The summed E-state index contributed by atoms with van der Waals surface area (Å²) in [5.74, 6) is 0.894. The Bertz CT molecular complexity index is 1070. The van der Waals surface area contributed by atoms with Crippen molar-refractivity contribution in [3.05, 3.63) is 53.4 Å². The van der Waals surface area contributed by atoms with Crippen molar-refractivity contribution in [1.82, 2.24) is 24.6 Å². The van der Waals surface area contributed by atoms with Crippen LogP contribution in [-0.4, -0.2) is 63.2 Å². The zero-order valence-corrected chi connectivity index (χ0v) is 19.6. The predicted octanol–water partition coefficient (Wildman–Crippen LogP) is 4.86. The number of carbonyl (C=O) groups excluding carboxylic acids is 1. The van der Waals surface area contributed by atoms with E-state index in [9.17, 15) is 9.18 Å². The van der Waals surface area contributed by atoms with E-state index >= 15 is 0 Å². The molecule has 0 radical (unpaired) electrons. The van der Waals surface area contributed by atoms with E-state index in [0.29, 0.717) is 17.4 Å². The topological polar surface area (TPSA) is 54.3 Å². The highest BCUT2D eigenvalue weighted by molar-refractivity contribution is 7.13. The van der Waals surface area contributed by atoms with Crippen LogP contribution >= 0.6 is 11.3 Å². The smallest absolute Gasteiger partial charge is 0.293 e. The van der Waals surface area contributed by atoms with Gasteiger partial charge in [-0.1, -0.05) is 25.0 Å². The summed E-state index contributed by atoms with van der Waals surface area (Å²) in [4.78, 5) is 23.3. The number of amides is 1. The van der Waals surface area contributed by atoms with E-state index in [0.717, 1.165) is 37.4 Å². The van der Waals surface area contributed by atoms with E-state index in [-0.39, 0.29) is 17.5 Å².